The van der Waals surface area contributed by atoms with Crippen molar-refractivity contribution in [3.8, 4) is 10.6 Å². The van der Waals surface area contributed by atoms with Gasteiger partial charge in [-0.15, -0.1) is 11.3 Å². The number of rotatable bonds is 7. The number of thiazole rings is 1. The standard InChI is InChI=1S/C18H20ClFN6OS/c1-22-14(17(27)25-10-3-4-12(20)11(19)7-10)8-13(21)18-23-9-16(28-18)15-5-6-24-26(15)2/h3-7,9,13-14,22H,8,21H2,1-2H3,(H,25,27). The molecule has 2 heterocycles. The van der Waals surface area contributed by atoms with E-state index in [0.29, 0.717) is 12.1 Å². The lowest BCUT2D eigenvalue weighted by atomic mass is 10.1. The number of anilines is 1. The van der Waals surface area contributed by atoms with Crippen LogP contribution in [-0.2, 0) is 11.8 Å². The lowest BCUT2D eigenvalue weighted by Gasteiger charge is -2.19. The molecule has 2 unspecified atom stereocenters. The van der Waals surface area contributed by atoms with E-state index in [-0.39, 0.29) is 10.9 Å². The van der Waals surface area contributed by atoms with Gasteiger partial charge in [0.15, 0.2) is 0 Å². The maximum atomic E-state index is 13.3. The van der Waals surface area contributed by atoms with E-state index in [2.05, 4.69) is 20.7 Å². The largest absolute Gasteiger partial charge is 0.325 e. The molecule has 1 aromatic carbocycles. The molecule has 0 aliphatic rings. The van der Waals surface area contributed by atoms with Crippen LogP contribution in [-0.4, -0.2) is 33.8 Å². The highest BCUT2D eigenvalue weighted by Gasteiger charge is 2.23. The Morgan fingerprint density at radius 1 is 1.43 bits per heavy atom. The number of carbonyl (C=O) groups is 1. The van der Waals surface area contributed by atoms with Gasteiger partial charge in [-0.3, -0.25) is 9.48 Å². The molecule has 3 aromatic rings. The van der Waals surface area contributed by atoms with E-state index in [4.69, 9.17) is 17.3 Å². The number of hydrogen-bond donors (Lipinski definition) is 3. The van der Waals surface area contributed by atoms with Crippen molar-refractivity contribution in [2.24, 2.45) is 12.8 Å². The fraction of sp³-hybridized carbons (Fsp3) is 0.278. The molecule has 0 bridgehead atoms. The first-order valence-corrected chi connectivity index (χ1v) is 9.71. The zero-order valence-electron chi connectivity index (χ0n) is 15.3. The topological polar surface area (TPSA) is 97.9 Å². The number of halogens is 2. The van der Waals surface area contributed by atoms with Gasteiger partial charge in [0.2, 0.25) is 5.91 Å². The van der Waals surface area contributed by atoms with Crippen LogP contribution in [0.4, 0.5) is 10.1 Å². The molecule has 3 rings (SSSR count). The summed E-state index contributed by atoms with van der Waals surface area (Å²) in [6.45, 7) is 0. The van der Waals surface area contributed by atoms with Gasteiger partial charge in [-0.25, -0.2) is 9.37 Å². The molecule has 0 aliphatic carbocycles. The van der Waals surface area contributed by atoms with E-state index >= 15 is 0 Å². The highest BCUT2D eigenvalue weighted by atomic mass is 35.5. The van der Waals surface area contributed by atoms with Crippen LogP contribution >= 0.6 is 22.9 Å². The maximum absolute atomic E-state index is 13.3. The number of carbonyl (C=O) groups excluding carboxylic acids is 1. The van der Waals surface area contributed by atoms with Crippen LogP contribution in [0.25, 0.3) is 10.6 Å². The second kappa shape index (κ2) is 8.78. The van der Waals surface area contributed by atoms with Crippen molar-refractivity contribution in [2.45, 2.75) is 18.5 Å². The van der Waals surface area contributed by atoms with Gasteiger partial charge in [0.05, 0.1) is 27.7 Å². The molecule has 148 valence electrons. The zero-order chi connectivity index (χ0) is 20.3. The van der Waals surface area contributed by atoms with Crippen molar-refractivity contribution >= 4 is 34.5 Å². The number of likely N-dealkylation sites (N-methyl/N-ethyl adjacent to an activating group) is 1. The van der Waals surface area contributed by atoms with Crippen molar-refractivity contribution < 1.29 is 9.18 Å². The Morgan fingerprint density at radius 3 is 2.86 bits per heavy atom. The lowest BCUT2D eigenvalue weighted by Crippen LogP contribution is -2.40. The first-order chi connectivity index (χ1) is 13.4. The van der Waals surface area contributed by atoms with Gasteiger partial charge >= 0.3 is 0 Å². The smallest absolute Gasteiger partial charge is 0.241 e. The number of nitrogens with zero attached hydrogens (tertiary/aromatic N) is 3. The Balaban J connectivity index is 1.66. The van der Waals surface area contributed by atoms with Crippen LogP contribution in [0.15, 0.2) is 36.7 Å². The van der Waals surface area contributed by atoms with E-state index in [1.165, 1.54) is 29.5 Å². The van der Waals surface area contributed by atoms with E-state index in [1.54, 1.807) is 24.1 Å². The van der Waals surface area contributed by atoms with Crippen LogP contribution in [0.1, 0.15) is 17.5 Å². The van der Waals surface area contributed by atoms with Crippen LogP contribution < -0.4 is 16.4 Å². The molecule has 0 fully saturated rings. The molecular formula is C18H20ClFN6OS. The monoisotopic (exact) mass is 422 g/mol. The van der Waals surface area contributed by atoms with Gasteiger partial charge in [-0.05, 0) is 37.7 Å². The zero-order valence-corrected chi connectivity index (χ0v) is 16.9. The van der Waals surface area contributed by atoms with E-state index in [0.717, 1.165) is 15.6 Å². The molecule has 0 spiro atoms. The molecule has 2 aromatic heterocycles. The molecule has 10 heteroatoms. The van der Waals surface area contributed by atoms with Gasteiger partial charge in [0.25, 0.3) is 0 Å². The fourth-order valence-electron chi connectivity index (χ4n) is 2.71. The molecule has 0 saturated heterocycles. The second-order valence-electron chi connectivity index (χ2n) is 6.20. The summed E-state index contributed by atoms with van der Waals surface area (Å²) in [5.74, 6) is -0.830. The molecule has 2 atom stereocenters. The van der Waals surface area contributed by atoms with Crippen LogP contribution in [0.5, 0.6) is 0 Å². The number of benzene rings is 1. The average molecular weight is 423 g/mol. The first-order valence-electron chi connectivity index (χ1n) is 8.52. The lowest BCUT2D eigenvalue weighted by molar-refractivity contribution is -0.118. The van der Waals surface area contributed by atoms with Crippen LogP contribution in [0, 0.1) is 5.82 Å². The third kappa shape index (κ3) is 4.56. The molecule has 0 aliphatic heterocycles. The van der Waals surface area contributed by atoms with Gasteiger partial charge in [-0.2, -0.15) is 5.10 Å². The normalized spacial score (nSPS) is 13.3. The van der Waals surface area contributed by atoms with Crippen molar-refractivity contribution in [3.63, 3.8) is 0 Å². The predicted octanol–water partition coefficient (Wildman–Crippen LogP) is 2.95. The van der Waals surface area contributed by atoms with Crippen molar-refractivity contribution in [1.82, 2.24) is 20.1 Å². The minimum absolute atomic E-state index is 0.0546. The van der Waals surface area contributed by atoms with Gasteiger partial charge < -0.3 is 16.4 Å². The van der Waals surface area contributed by atoms with E-state index < -0.39 is 17.9 Å². The summed E-state index contributed by atoms with van der Waals surface area (Å²) in [5, 5.41) is 10.5. The maximum Gasteiger partial charge on any atom is 0.241 e. The summed E-state index contributed by atoms with van der Waals surface area (Å²) in [7, 11) is 3.54. The summed E-state index contributed by atoms with van der Waals surface area (Å²) in [4.78, 5) is 17.9. The average Bonchev–Trinajstić information content (AvgIpc) is 3.31. The van der Waals surface area contributed by atoms with Crippen LogP contribution in [0.2, 0.25) is 5.02 Å². The van der Waals surface area contributed by atoms with E-state index in [9.17, 15) is 9.18 Å². The summed E-state index contributed by atoms with van der Waals surface area (Å²) in [6.07, 6.45) is 3.82. The number of nitrogens with two attached hydrogens (primary N) is 1. The Labute approximate surface area is 170 Å². The number of amides is 1. The Hall–Kier alpha value is -2.33. The van der Waals surface area contributed by atoms with Crippen molar-refractivity contribution in [2.75, 3.05) is 12.4 Å². The number of aryl methyl sites for hydroxylation is 1. The highest BCUT2D eigenvalue weighted by Crippen LogP contribution is 2.29. The Morgan fingerprint density at radius 2 is 2.21 bits per heavy atom. The second-order valence-corrected chi connectivity index (χ2v) is 7.67. The molecule has 0 saturated carbocycles. The quantitative estimate of drug-likeness (QED) is 0.543. The van der Waals surface area contributed by atoms with E-state index in [1.807, 2.05) is 13.1 Å². The summed E-state index contributed by atoms with van der Waals surface area (Å²) in [6, 6.07) is 4.94. The number of hydrogen-bond acceptors (Lipinski definition) is 6. The fourth-order valence-corrected chi connectivity index (χ4v) is 3.88. The molecule has 1 amide bonds. The first kappa shape index (κ1) is 20.4. The molecule has 7 nitrogen and oxygen atoms in total. The van der Waals surface area contributed by atoms with Crippen molar-refractivity contribution in [3.05, 3.63) is 52.5 Å². The number of aromatic nitrogens is 3. The molecule has 4 N–H and O–H groups in total. The Kier molecular flexibility index (Phi) is 6.40. The van der Waals surface area contributed by atoms with Gasteiger partial charge in [0.1, 0.15) is 10.8 Å². The summed E-state index contributed by atoms with van der Waals surface area (Å²) in [5.41, 5.74) is 7.65. The minimum Gasteiger partial charge on any atom is -0.325 e. The third-order valence-electron chi connectivity index (χ3n) is 4.26. The predicted molar refractivity (Wildman–Crippen MR) is 109 cm³/mol. The summed E-state index contributed by atoms with van der Waals surface area (Å²) < 4.78 is 15.0. The number of nitrogens with one attached hydrogen (secondary N) is 2. The summed E-state index contributed by atoms with van der Waals surface area (Å²) >= 11 is 7.22. The third-order valence-corrected chi connectivity index (χ3v) is 5.70. The molecule has 0 radical (unpaired) electrons. The molecule has 28 heavy (non-hydrogen) atoms. The Bertz CT molecular complexity index is 975. The minimum atomic E-state index is -0.553. The highest BCUT2D eigenvalue weighted by molar-refractivity contribution is 7.15. The van der Waals surface area contributed by atoms with Crippen molar-refractivity contribution in [1.29, 1.82) is 0 Å². The molecular weight excluding hydrogens is 403 g/mol. The van der Waals surface area contributed by atoms with Gasteiger partial charge in [-0.1, -0.05) is 11.6 Å². The van der Waals surface area contributed by atoms with Gasteiger partial charge in [0, 0.05) is 25.1 Å². The SMILES string of the molecule is CNC(CC(N)c1ncc(-c2ccnn2C)s1)C(=O)Nc1ccc(F)c(Cl)c1. The van der Waals surface area contributed by atoms with Crippen LogP contribution in [0.3, 0.4) is 0 Å².